The third-order valence-electron chi connectivity index (χ3n) is 7.53. The van der Waals surface area contributed by atoms with Gasteiger partial charge >= 0.3 is 6.01 Å². The summed E-state index contributed by atoms with van der Waals surface area (Å²) in [6.45, 7) is 3.73. The van der Waals surface area contributed by atoms with Crippen molar-refractivity contribution in [1.29, 1.82) is 0 Å². The van der Waals surface area contributed by atoms with Gasteiger partial charge in [-0.1, -0.05) is 24.0 Å². The summed E-state index contributed by atoms with van der Waals surface area (Å²) in [5.41, 5.74) is 6.89. The van der Waals surface area contributed by atoms with Crippen molar-refractivity contribution < 1.29 is 31.1 Å². The maximum absolute atomic E-state index is 13.7. The highest BCUT2D eigenvalue weighted by Gasteiger charge is 2.33. The molecule has 16 heteroatoms. The van der Waals surface area contributed by atoms with Gasteiger partial charge in [0.15, 0.2) is 6.61 Å². The van der Waals surface area contributed by atoms with Crippen molar-refractivity contribution in [3.05, 3.63) is 59.8 Å². The van der Waals surface area contributed by atoms with Crippen LogP contribution in [0.2, 0.25) is 0 Å². The summed E-state index contributed by atoms with van der Waals surface area (Å²) in [4.78, 5) is 25.9. The van der Waals surface area contributed by atoms with Crippen LogP contribution in [0.25, 0.3) is 0 Å². The summed E-state index contributed by atoms with van der Waals surface area (Å²) in [6, 6.07) is 12.8. The van der Waals surface area contributed by atoms with E-state index in [0.29, 0.717) is 30.3 Å². The van der Waals surface area contributed by atoms with E-state index in [1.165, 1.54) is 28.4 Å². The number of hydrogen-bond acceptors (Lipinski definition) is 11. The molecular formula is C30H35N7O7S2. The van der Waals surface area contributed by atoms with Crippen LogP contribution >= 0.6 is 0 Å². The second kappa shape index (κ2) is 13.5. The predicted molar refractivity (Wildman–Crippen MR) is 173 cm³/mol. The number of nitrogens with zero attached hydrogens (tertiary/aromatic N) is 6. The third-order valence-corrected chi connectivity index (χ3v) is 10.6. The van der Waals surface area contributed by atoms with E-state index in [2.05, 4.69) is 21.8 Å². The van der Waals surface area contributed by atoms with E-state index < -0.39 is 26.0 Å². The lowest BCUT2D eigenvalue weighted by molar-refractivity contribution is 0.0977. The Bertz CT molecular complexity index is 1900. The second-order valence-electron chi connectivity index (χ2n) is 10.6. The van der Waals surface area contributed by atoms with Crippen molar-refractivity contribution in [2.24, 2.45) is 5.73 Å². The summed E-state index contributed by atoms with van der Waals surface area (Å²) in [5, 5.41) is 0. The van der Waals surface area contributed by atoms with Crippen molar-refractivity contribution in [3.63, 3.8) is 0 Å². The summed E-state index contributed by atoms with van der Waals surface area (Å²) in [6.07, 6.45) is 1.06. The number of carbonyl (C=O) groups is 1. The van der Waals surface area contributed by atoms with Gasteiger partial charge in [-0.3, -0.25) is 9.10 Å². The molecule has 0 radical (unpaired) electrons. The molecule has 0 unspecified atom stereocenters. The quantitative estimate of drug-likeness (QED) is 0.341. The number of aryl methyl sites for hydroxylation is 1. The lowest BCUT2D eigenvalue weighted by Crippen LogP contribution is -2.49. The highest BCUT2D eigenvalue weighted by molar-refractivity contribution is 7.92. The zero-order valence-electron chi connectivity index (χ0n) is 25.7. The predicted octanol–water partition coefficient (Wildman–Crippen LogP) is 1.07. The lowest BCUT2D eigenvalue weighted by atomic mass is 10.1. The minimum Gasteiger partial charge on any atom is -0.489 e. The van der Waals surface area contributed by atoms with Crippen LogP contribution in [0.5, 0.6) is 11.8 Å². The first-order valence-corrected chi connectivity index (χ1v) is 17.7. The maximum atomic E-state index is 13.7. The molecule has 5 rings (SSSR count). The topological polar surface area (TPSA) is 169 Å². The first-order valence-electron chi connectivity index (χ1n) is 14.4. The zero-order chi connectivity index (χ0) is 33.1. The van der Waals surface area contributed by atoms with E-state index in [-0.39, 0.29) is 67.3 Å². The molecule has 1 amide bonds. The van der Waals surface area contributed by atoms with Gasteiger partial charge in [0.1, 0.15) is 18.2 Å². The molecule has 1 fully saturated rings. The largest absolute Gasteiger partial charge is 0.489 e. The van der Waals surface area contributed by atoms with Gasteiger partial charge in [-0.2, -0.15) is 9.29 Å². The van der Waals surface area contributed by atoms with Gasteiger partial charge in [-0.05, 0) is 31.2 Å². The molecule has 0 saturated carbocycles. The molecule has 0 bridgehead atoms. The number of carbonyl (C=O) groups excluding carboxylic acids is 1. The van der Waals surface area contributed by atoms with Crippen molar-refractivity contribution in [1.82, 2.24) is 14.3 Å². The number of piperazine rings is 1. The van der Waals surface area contributed by atoms with E-state index in [4.69, 9.17) is 15.2 Å². The molecular weight excluding hydrogens is 635 g/mol. The van der Waals surface area contributed by atoms with Crippen LogP contribution < -0.4 is 29.3 Å². The molecule has 2 aliphatic rings. The van der Waals surface area contributed by atoms with E-state index in [1.807, 2.05) is 17.9 Å². The molecule has 1 aromatic heterocycles. The SMILES string of the molecule is Cc1cc(N2CCN(S(=O)(=O)c3ccc4c(c3)OCCN4C(=O)c3ccccc3N(C)S(C)(=O)=O)CC2)nc(OCC#CCN)n1. The molecule has 0 atom stereocenters. The van der Waals surface area contributed by atoms with Gasteiger partial charge in [0.25, 0.3) is 5.91 Å². The molecule has 14 nitrogen and oxygen atoms in total. The number of benzene rings is 2. The van der Waals surface area contributed by atoms with Gasteiger partial charge in [0.05, 0.1) is 41.2 Å². The fourth-order valence-corrected chi connectivity index (χ4v) is 7.06. The maximum Gasteiger partial charge on any atom is 0.319 e. The molecule has 0 spiro atoms. The molecule has 1 saturated heterocycles. The Hall–Kier alpha value is -4.43. The highest BCUT2D eigenvalue weighted by atomic mass is 32.2. The van der Waals surface area contributed by atoms with Crippen LogP contribution in [-0.4, -0.2) is 103 Å². The zero-order valence-corrected chi connectivity index (χ0v) is 27.3. The van der Waals surface area contributed by atoms with Gasteiger partial charge in [-0.15, -0.1) is 0 Å². The minimum absolute atomic E-state index is 0.0402. The molecule has 46 heavy (non-hydrogen) atoms. The molecule has 3 aromatic rings. The first-order chi connectivity index (χ1) is 21.9. The number of para-hydroxylation sites is 1. The van der Waals surface area contributed by atoms with Crippen LogP contribution in [0, 0.1) is 18.8 Å². The molecule has 2 N–H and O–H groups in total. The molecule has 3 heterocycles. The standard InChI is InChI=1S/C30H35N7O7S2/c1-22-20-28(33-30(32-22)44-18-7-6-12-31)35-13-15-36(16-14-35)46(41,42)23-10-11-26-27(21-23)43-19-17-37(26)29(38)24-8-4-5-9-25(24)34(2)45(3,39)40/h4-5,8-11,20-21H,12-19,31H2,1-3H3. The van der Waals surface area contributed by atoms with E-state index >= 15 is 0 Å². The number of nitrogens with two attached hydrogens (primary N) is 1. The number of sulfonamides is 2. The van der Waals surface area contributed by atoms with E-state index in [0.717, 1.165) is 10.6 Å². The van der Waals surface area contributed by atoms with Gasteiger partial charge in [0, 0.05) is 51.1 Å². The van der Waals surface area contributed by atoms with Gasteiger partial charge in [0.2, 0.25) is 20.0 Å². The summed E-state index contributed by atoms with van der Waals surface area (Å²) in [7, 11) is -6.13. The average Bonchev–Trinajstić information content (AvgIpc) is 3.05. The van der Waals surface area contributed by atoms with Crippen LogP contribution in [-0.2, 0) is 20.0 Å². The number of amides is 1. The fourth-order valence-electron chi connectivity index (χ4n) is 5.11. The first kappa shape index (κ1) is 32.9. The van der Waals surface area contributed by atoms with Crippen LogP contribution in [0.3, 0.4) is 0 Å². The second-order valence-corrected chi connectivity index (χ2v) is 14.5. The molecule has 2 aromatic carbocycles. The monoisotopic (exact) mass is 669 g/mol. The average molecular weight is 670 g/mol. The number of fused-ring (bicyclic) bond motifs is 1. The Morgan fingerprint density at radius 2 is 1.76 bits per heavy atom. The Kier molecular flexibility index (Phi) is 9.68. The van der Waals surface area contributed by atoms with Crippen LogP contribution in [0.4, 0.5) is 17.2 Å². The normalized spacial score (nSPS) is 15.3. The summed E-state index contributed by atoms with van der Waals surface area (Å²) >= 11 is 0. The molecule has 244 valence electrons. The van der Waals surface area contributed by atoms with E-state index in [1.54, 1.807) is 30.3 Å². The minimum atomic E-state index is -3.89. The summed E-state index contributed by atoms with van der Waals surface area (Å²) in [5.74, 6) is 5.92. The van der Waals surface area contributed by atoms with Crippen LogP contribution in [0.15, 0.2) is 53.4 Å². The highest BCUT2D eigenvalue weighted by Crippen LogP contribution is 2.36. The Morgan fingerprint density at radius 3 is 2.48 bits per heavy atom. The van der Waals surface area contributed by atoms with Crippen molar-refractivity contribution in [2.45, 2.75) is 11.8 Å². The molecule has 2 aliphatic heterocycles. The number of aromatic nitrogens is 2. The van der Waals surface area contributed by atoms with Crippen molar-refractivity contribution >= 4 is 43.1 Å². The van der Waals surface area contributed by atoms with Crippen LogP contribution in [0.1, 0.15) is 16.1 Å². The smallest absolute Gasteiger partial charge is 0.319 e. The number of anilines is 3. The van der Waals surface area contributed by atoms with Gasteiger partial charge in [-0.25, -0.2) is 21.8 Å². The third kappa shape index (κ3) is 7.02. The summed E-state index contributed by atoms with van der Waals surface area (Å²) < 4.78 is 65.6. The van der Waals surface area contributed by atoms with Crippen molar-refractivity contribution in [2.75, 3.05) is 79.9 Å². The Labute approximate surface area is 268 Å². The Balaban J connectivity index is 1.31. The van der Waals surface area contributed by atoms with Crippen molar-refractivity contribution in [3.8, 4) is 23.6 Å². The fraction of sp³-hybridized carbons (Fsp3) is 0.367. The molecule has 0 aliphatic carbocycles. The van der Waals surface area contributed by atoms with Gasteiger partial charge < -0.3 is 25.0 Å². The number of ether oxygens (including phenoxy) is 2. The lowest BCUT2D eigenvalue weighted by Gasteiger charge is -2.35. The number of rotatable bonds is 8. The number of hydrogen-bond donors (Lipinski definition) is 1. The van der Waals surface area contributed by atoms with E-state index in [9.17, 15) is 21.6 Å². The Morgan fingerprint density at radius 1 is 1.02 bits per heavy atom.